The zero-order chi connectivity index (χ0) is 13.8. The van der Waals surface area contributed by atoms with Gasteiger partial charge in [0.2, 0.25) is 0 Å². The number of benzene rings is 1. The summed E-state index contributed by atoms with van der Waals surface area (Å²) in [5.41, 5.74) is 7.89. The first-order valence-electron chi connectivity index (χ1n) is 6.35. The van der Waals surface area contributed by atoms with Crippen molar-refractivity contribution in [3.05, 3.63) is 47.9 Å². The van der Waals surface area contributed by atoms with Crippen molar-refractivity contribution in [3.63, 3.8) is 0 Å². The van der Waals surface area contributed by atoms with Gasteiger partial charge in [-0.05, 0) is 31.5 Å². The maximum absolute atomic E-state index is 12.6. The van der Waals surface area contributed by atoms with Gasteiger partial charge in [-0.15, -0.1) is 0 Å². The van der Waals surface area contributed by atoms with Gasteiger partial charge in [-0.1, -0.05) is 19.1 Å². The first-order chi connectivity index (χ1) is 9.15. The van der Waals surface area contributed by atoms with Crippen molar-refractivity contribution in [1.29, 1.82) is 0 Å². The van der Waals surface area contributed by atoms with Crippen LogP contribution in [0.2, 0.25) is 0 Å². The lowest BCUT2D eigenvalue weighted by Crippen LogP contribution is -2.32. The molecule has 19 heavy (non-hydrogen) atoms. The van der Waals surface area contributed by atoms with Crippen LogP contribution in [0.3, 0.4) is 0 Å². The van der Waals surface area contributed by atoms with E-state index >= 15 is 0 Å². The number of carbonyl (C=O) groups is 1. The zero-order valence-corrected chi connectivity index (χ0v) is 11.2. The number of hydrogen-bond donors (Lipinski definition) is 1. The predicted octanol–water partition coefficient (Wildman–Crippen LogP) is 3.23. The Hall–Kier alpha value is -2.23. The molecule has 0 atom stereocenters. The van der Waals surface area contributed by atoms with Crippen LogP contribution in [-0.4, -0.2) is 12.5 Å². The van der Waals surface area contributed by atoms with E-state index in [0.717, 1.165) is 12.1 Å². The highest BCUT2D eigenvalue weighted by Gasteiger charge is 2.21. The van der Waals surface area contributed by atoms with E-state index < -0.39 is 0 Å². The van der Waals surface area contributed by atoms with Crippen molar-refractivity contribution in [2.75, 3.05) is 17.2 Å². The van der Waals surface area contributed by atoms with Gasteiger partial charge in [-0.3, -0.25) is 4.79 Å². The molecular formula is C15H18N2O2. The topological polar surface area (TPSA) is 59.5 Å². The fourth-order valence-corrected chi connectivity index (χ4v) is 2.04. The highest BCUT2D eigenvalue weighted by molar-refractivity contribution is 6.08. The molecular weight excluding hydrogens is 240 g/mol. The van der Waals surface area contributed by atoms with Gasteiger partial charge in [0.05, 0.1) is 23.2 Å². The van der Waals surface area contributed by atoms with Gasteiger partial charge >= 0.3 is 0 Å². The van der Waals surface area contributed by atoms with Crippen LogP contribution in [0.25, 0.3) is 0 Å². The first kappa shape index (κ1) is 13.2. The molecule has 0 saturated carbocycles. The summed E-state index contributed by atoms with van der Waals surface area (Å²) in [6, 6.07) is 9.09. The quantitative estimate of drug-likeness (QED) is 0.856. The number of carbonyl (C=O) groups excluding carboxylic acids is 1. The Morgan fingerprint density at radius 3 is 2.63 bits per heavy atom. The molecule has 0 aliphatic rings. The van der Waals surface area contributed by atoms with E-state index in [-0.39, 0.29) is 5.91 Å². The van der Waals surface area contributed by atoms with Crippen LogP contribution < -0.4 is 10.6 Å². The molecule has 0 aliphatic carbocycles. The Kier molecular flexibility index (Phi) is 3.90. The summed E-state index contributed by atoms with van der Waals surface area (Å²) in [6.45, 7) is 4.44. The molecule has 2 N–H and O–H groups in total. The average molecular weight is 258 g/mol. The third-order valence-corrected chi connectivity index (χ3v) is 3.01. The number of nitrogen functional groups attached to an aromatic ring is 1. The minimum absolute atomic E-state index is 0.0778. The Morgan fingerprint density at radius 2 is 2.05 bits per heavy atom. The van der Waals surface area contributed by atoms with E-state index in [1.54, 1.807) is 24.0 Å². The second-order valence-electron chi connectivity index (χ2n) is 4.41. The summed E-state index contributed by atoms with van der Waals surface area (Å²) >= 11 is 0. The maximum Gasteiger partial charge on any atom is 0.261 e. The molecule has 1 aromatic carbocycles. The standard InChI is InChI=1S/C15H18N2O2/c1-3-9-17(14-7-5-4-6-13(14)16)15(18)12-8-10-19-11(12)2/h4-8,10H,3,9,16H2,1-2H3. The Balaban J connectivity index is 2.39. The Bertz CT molecular complexity index is 575. The Morgan fingerprint density at radius 1 is 1.32 bits per heavy atom. The zero-order valence-electron chi connectivity index (χ0n) is 11.2. The van der Waals surface area contributed by atoms with E-state index in [1.807, 2.05) is 25.1 Å². The van der Waals surface area contributed by atoms with E-state index in [1.165, 1.54) is 6.26 Å². The monoisotopic (exact) mass is 258 g/mol. The second-order valence-corrected chi connectivity index (χ2v) is 4.41. The lowest BCUT2D eigenvalue weighted by Gasteiger charge is -2.23. The van der Waals surface area contributed by atoms with Gasteiger partial charge in [0.15, 0.2) is 0 Å². The predicted molar refractivity (Wildman–Crippen MR) is 76.3 cm³/mol. The third-order valence-electron chi connectivity index (χ3n) is 3.01. The molecule has 0 bridgehead atoms. The van der Waals surface area contributed by atoms with Crippen LogP contribution in [0.5, 0.6) is 0 Å². The molecule has 2 aromatic rings. The number of para-hydroxylation sites is 2. The third kappa shape index (κ3) is 2.62. The summed E-state index contributed by atoms with van der Waals surface area (Å²) in [5.74, 6) is 0.548. The van der Waals surface area contributed by atoms with Crippen LogP contribution in [0, 0.1) is 6.92 Å². The van der Waals surface area contributed by atoms with E-state index in [2.05, 4.69) is 0 Å². The molecule has 1 aromatic heterocycles. The largest absolute Gasteiger partial charge is 0.469 e. The lowest BCUT2D eigenvalue weighted by molar-refractivity contribution is 0.0985. The molecule has 0 aliphatic heterocycles. The number of aryl methyl sites for hydroxylation is 1. The van der Waals surface area contributed by atoms with Crippen molar-refractivity contribution in [2.24, 2.45) is 0 Å². The van der Waals surface area contributed by atoms with Crippen molar-refractivity contribution >= 4 is 17.3 Å². The summed E-state index contributed by atoms with van der Waals surface area (Å²) < 4.78 is 5.20. The molecule has 0 unspecified atom stereocenters. The van der Waals surface area contributed by atoms with Gasteiger partial charge in [0, 0.05) is 6.54 Å². The summed E-state index contributed by atoms with van der Waals surface area (Å²) in [7, 11) is 0. The number of amides is 1. The van der Waals surface area contributed by atoms with Crippen LogP contribution in [-0.2, 0) is 0 Å². The van der Waals surface area contributed by atoms with Crippen molar-refractivity contribution in [3.8, 4) is 0 Å². The molecule has 0 radical (unpaired) electrons. The number of nitrogens with two attached hydrogens (primary N) is 1. The summed E-state index contributed by atoms with van der Waals surface area (Å²) in [6.07, 6.45) is 2.39. The summed E-state index contributed by atoms with van der Waals surface area (Å²) in [5, 5.41) is 0. The van der Waals surface area contributed by atoms with E-state index in [0.29, 0.717) is 23.6 Å². The fourth-order valence-electron chi connectivity index (χ4n) is 2.04. The molecule has 1 amide bonds. The van der Waals surface area contributed by atoms with E-state index in [4.69, 9.17) is 10.2 Å². The average Bonchev–Trinajstić information content (AvgIpc) is 2.82. The molecule has 1 heterocycles. The molecule has 0 spiro atoms. The summed E-state index contributed by atoms with van der Waals surface area (Å²) in [4.78, 5) is 14.3. The second kappa shape index (κ2) is 5.61. The lowest BCUT2D eigenvalue weighted by atomic mass is 10.1. The smallest absolute Gasteiger partial charge is 0.261 e. The molecule has 4 nitrogen and oxygen atoms in total. The Labute approximate surface area is 112 Å². The van der Waals surface area contributed by atoms with Crippen LogP contribution >= 0.6 is 0 Å². The molecule has 100 valence electrons. The minimum atomic E-state index is -0.0778. The van der Waals surface area contributed by atoms with Crippen LogP contribution in [0.15, 0.2) is 41.0 Å². The van der Waals surface area contributed by atoms with Crippen LogP contribution in [0.1, 0.15) is 29.5 Å². The van der Waals surface area contributed by atoms with Gasteiger partial charge in [-0.2, -0.15) is 0 Å². The number of hydrogen-bond acceptors (Lipinski definition) is 3. The number of rotatable bonds is 4. The SMILES string of the molecule is CCCN(C(=O)c1ccoc1C)c1ccccc1N. The van der Waals surface area contributed by atoms with Gasteiger partial charge in [-0.25, -0.2) is 0 Å². The highest BCUT2D eigenvalue weighted by atomic mass is 16.3. The molecule has 2 rings (SSSR count). The van der Waals surface area contributed by atoms with Crippen LogP contribution in [0.4, 0.5) is 11.4 Å². The number of furan rings is 1. The van der Waals surface area contributed by atoms with Crippen molar-refractivity contribution in [1.82, 2.24) is 0 Å². The van der Waals surface area contributed by atoms with Gasteiger partial charge in [0.25, 0.3) is 5.91 Å². The number of anilines is 2. The van der Waals surface area contributed by atoms with Gasteiger partial charge in [0.1, 0.15) is 5.76 Å². The molecule has 4 heteroatoms. The van der Waals surface area contributed by atoms with Gasteiger partial charge < -0.3 is 15.1 Å². The molecule has 0 saturated heterocycles. The minimum Gasteiger partial charge on any atom is -0.469 e. The fraction of sp³-hybridized carbons (Fsp3) is 0.267. The normalized spacial score (nSPS) is 10.4. The van der Waals surface area contributed by atoms with Crippen molar-refractivity contribution in [2.45, 2.75) is 20.3 Å². The molecule has 0 fully saturated rings. The maximum atomic E-state index is 12.6. The highest BCUT2D eigenvalue weighted by Crippen LogP contribution is 2.25. The number of nitrogens with zero attached hydrogens (tertiary/aromatic N) is 1. The first-order valence-corrected chi connectivity index (χ1v) is 6.35. The van der Waals surface area contributed by atoms with E-state index in [9.17, 15) is 4.79 Å². The van der Waals surface area contributed by atoms with Crippen molar-refractivity contribution < 1.29 is 9.21 Å².